The molecule has 0 radical (unpaired) electrons. The third kappa shape index (κ3) is 3.20. The predicted molar refractivity (Wildman–Crippen MR) is 73.2 cm³/mol. The van der Waals surface area contributed by atoms with Crippen LogP contribution in [-0.4, -0.2) is 32.7 Å². The minimum atomic E-state index is -0.722. The number of nitrogens with zero attached hydrogens (tertiary/aromatic N) is 3. The molecule has 0 aliphatic heterocycles. The Morgan fingerprint density at radius 2 is 2.00 bits per heavy atom. The normalized spacial score (nSPS) is 10.6. The van der Waals surface area contributed by atoms with Gasteiger partial charge in [0.1, 0.15) is 0 Å². The first kappa shape index (κ1) is 14.6. The Hall–Kier alpha value is -1.79. The number of halogens is 2. The molecule has 0 aliphatic carbocycles. The van der Waals surface area contributed by atoms with Crippen LogP contribution in [0.1, 0.15) is 23.0 Å². The first-order chi connectivity index (χ1) is 9.51. The van der Waals surface area contributed by atoms with Crippen LogP contribution in [0.2, 0.25) is 10.0 Å². The van der Waals surface area contributed by atoms with E-state index in [-0.39, 0.29) is 24.7 Å². The highest BCUT2D eigenvalue weighted by molar-refractivity contribution is 6.34. The van der Waals surface area contributed by atoms with Crippen molar-refractivity contribution < 1.29 is 14.6 Å². The number of aromatic hydroxyl groups is 1. The molecule has 2 rings (SSSR count). The topological polar surface area (TPSA) is 77.2 Å². The van der Waals surface area contributed by atoms with Crippen molar-refractivity contribution >= 4 is 29.2 Å². The van der Waals surface area contributed by atoms with Crippen LogP contribution in [0.4, 0.5) is 0 Å². The predicted octanol–water partition coefficient (Wildman–Crippen LogP) is 2.52. The van der Waals surface area contributed by atoms with E-state index in [2.05, 4.69) is 10.3 Å². The number of benzene rings is 1. The summed E-state index contributed by atoms with van der Waals surface area (Å²) in [5.41, 5.74) is 0.498. The average Bonchev–Trinajstić information content (AvgIpc) is 2.70. The Morgan fingerprint density at radius 1 is 1.35 bits per heavy atom. The fourth-order valence-electron chi connectivity index (χ4n) is 1.62. The molecule has 6 nitrogen and oxygen atoms in total. The van der Waals surface area contributed by atoms with Crippen LogP contribution in [0.15, 0.2) is 18.2 Å². The molecule has 1 heterocycles. The van der Waals surface area contributed by atoms with Gasteiger partial charge in [-0.3, -0.25) is 0 Å². The minimum absolute atomic E-state index is 0.179. The highest BCUT2D eigenvalue weighted by atomic mass is 35.5. The maximum atomic E-state index is 11.5. The van der Waals surface area contributed by atoms with Gasteiger partial charge in [0.05, 0.1) is 13.2 Å². The van der Waals surface area contributed by atoms with Gasteiger partial charge in [0.15, 0.2) is 0 Å². The van der Waals surface area contributed by atoms with E-state index in [1.165, 1.54) is 0 Å². The van der Waals surface area contributed by atoms with Crippen LogP contribution in [-0.2, 0) is 11.3 Å². The third-order valence-corrected chi connectivity index (χ3v) is 2.87. The van der Waals surface area contributed by atoms with Crippen molar-refractivity contribution in [2.45, 2.75) is 13.5 Å². The summed E-state index contributed by atoms with van der Waals surface area (Å²) < 4.78 is 5.91. The summed E-state index contributed by atoms with van der Waals surface area (Å²) in [6, 6.07) is 4.95. The quantitative estimate of drug-likeness (QED) is 0.877. The van der Waals surface area contributed by atoms with Crippen LogP contribution >= 0.6 is 23.2 Å². The highest BCUT2D eigenvalue weighted by Gasteiger charge is 2.20. The van der Waals surface area contributed by atoms with Crippen molar-refractivity contribution in [1.29, 1.82) is 0 Å². The maximum absolute atomic E-state index is 11.5. The standard InChI is InChI=1S/C12H11Cl2N3O3/c1-2-20-12(19)10-11(18)17(16-15-10)6-7-3-8(13)5-9(14)4-7/h3-5,18H,2,6H2,1H3. The molecule has 1 aromatic carbocycles. The van der Waals surface area contributed by atoms with Crippen molar-refractivity contribution in [2.24, 2.45) is 0 Å². The van der Waals surface area contributed by atoms with Crippen molar-refractivity contribution in [3.63, 3.8) is 0 Å². The number of carbonyl (C=O) groups is 1. The summed E-state index contributed by atoms with van der Waals surface area (Å²) >= 11 is 11.8. The second kappa shape index (κ2) is 6.11. The van der Waals surface area contributed by atoms with Gasteiger partial charge in [0.2, 0.25) is 11.6 Å². The van der Waals surface area contributed by atoms with Crippen LogP contribution in [0.3, 0.4) is 0 Å². The number of hydrogen-bond acceptors (Lipinski definition) is 5. The van der Waals surface area contributed by atoms with Crippen LogP contribution in [0, 0.1) is 0 Å². The van der Waals surface area contributed by atoms with E-state index in [1.807, 2.05) is 0 Å². The van der Waals surface area contributed by atoms with Gasteiger partial charge in [0, 0.05) is 10.0 Å². The van der Waals surface area contributed by atoms with Gasteiger partial charge in [-0.05, 0) is 30.7 Å². The molecule has 1 aromatic heterocycles. The highest BCUT2D eigenvalue weighted by Crippen LogP contribution is 2.22. The largest absolute Gasteiger partial charge is 0.492 e. The van der Waals surface area contributed by atoms with Crippen molar-refractivity contribution in [3.05, 3.63) is 39.5 Å². The molecule has 20 heavy (non-hydrogen) atoms. The summed E-state index contributed by atoms with van der Waals surface area (Å²) in [6.07, 6.45) is 0. The van der Waals surface area contributed by atoms with E-state index in [0.717, 1.165) is 10.2 Å². The van der Waals surface area contributed by atoms with Gasteiger partial charge in [-0.1, -0.05) is 28.4 Å². The van der Waals surface area contributed by atoms with Crippen LogP contribution < -0.4 is 0 Å². The first-order valence-corrected chi connectivity index (χ1v) is 6.51. The molecule has 0 saturated heterocycles. The zero-order valence-corrected chi connectivity index (χ0v) is 12.0. The van der Waals surface area contributed by atoms with E-state index in [0.29, 0.717) is 10.0 Å². The number of esters is 1. The molecular formula is C12H11Cl2N3O3. The lowest BCUT2D eigenvalue weighted by Gasteiger charge is -2.04. The fraction of sp³-hybridized carbons (Fsp3) is 0.250. The lowest BCUT2D eigenvalue weighted by molar-refractivity contribution is 0.0515. The fourth-order valence-corrected chi connectivity index (χ4v) is 2.19. The Kier molecular flexibility index (Phi) is 4.46. The molecule has 106 valence electrons. The molecule has 0 bridgehead atoms. The number of ether oxygens (including phenoxy) is 1. The molecular weight excluding hydrogens is 305 g/mol. The van der Waals surface area contributed by atoms with Gasteiger partial charge < -0.3 is 9.84 Å². The van der Waals surface area contributed by atoms with E-state index in [9.17, 15) is 9.90 Å². The molecule has 2 aromatic rings. The second-order valence-corrected chi connectivity index (χ2v) is 4.79. The average molecular weight is 316 g/mol. The van der Waals surface area contributed by atoms with Gasteiger partial charge in [0.25, 0.3) is 0 Å². The van der Waals surface area contributed by atoms with Crippen LogP contribution in [0.5, 0.6) is 5.88 Å². The molecule has 0 unspecified atom stereocenters. The maximum Gasteiger partial charge on any atom is 0.364 e. The Morgan fingerprint density at radius 3 is 2.60 bits per heavy atom. The van der Waals surface area contributed by atoms with Crippen LogP contribution in [0.25, 0.3) is 0 Å². The van der Waals surface area contributed by atoms with E-state index in [4.69, 9.17) is 27.9 Å². The minimum Gasteiger partial charge on any atom is -0.492 e. The second-order valence-electron chi connectivity index (χ2n) is 3.92. The SMILES string of the molecule is CCOC(=O)c1nnn(Cc2cc(Cl)cc(Cl)c2)c1O. The molecule has 8 heteroatoms. The molecule has 0 spiro atoms. The van der Waals surface area contributed by atoms with Gasteiger partial charge >= 0.3 is 5.97 Å². The lowest BCUT2D eigenvalue weighted by atomic mass is 10.2. The summed E-state index contributed by atoms with van der Waals surface area (Å²) in [5.74, 6) is -1.08. The van der Waals surface area contributed by atoms with Crippen molar-refractivity contribution in [1.82, 2.24) is 15.0 Å². The Labute approximate surface area is 124 Å². The number of carbonyl (C=O) groups excluding carboxylic acids is 1. The molecule has 0 atom stereocenters. The Bertz CT molecular complexity index is 623. The smallest absolute Gasteiger partial charge is 0.364 e. The van der Waals surface area contributed by atoms with Gasteiger partial charge in [-0.25, -0.2) is 9.48 Å². The molecule has 0 aliphatic rings. The summed E-state index contributed by atoms with van der Waals surface area (Å²) in [4.78, 5) is 11.5. The van der Waals surface area contributed by atoms with E-state index >= 15 is 0 Å². The Balaban J connectivity index is 2.24. The monoisotopic (exact) mass is 315 g/mol. The van der Waals surface area contributed by atoms with E-state index < -0.39 is 5.97 Å². The third-order valence-electron chi connectivity index (χ3n) is 2.43. The molecule has 0 amide bonds. The zero-order chi connectivity index (χ0) is 14.7. The number of aromatic nitrogens is 3. The van der Waals surface area contributed by atoms with Gasteiger partial charge in [-0.2, -0.15) is 0 Å². The summed E-state index contributed by atoms with van der Waals surface area (Å²) in [7, 11) is 0. The number of rotatable bonds is 4. The molecule has 0 saturated carbocycles. The summed E-state index contributed by atoms with van der Waals surface area (Å²) in [5, 5.41) is 18.1. The summed E-state index contributed by atoms with van der Waals surface area (Å²) in [6.45, 7) is 2.03. The first-order valence-electron chi connectivity index (χ1n) is 5.75. The zero-order valence-electron chi connectivity index (χ0n) is 10.5. The van der Waals surface area contributed by atoms with Crippen molar-refractivity contribution in [3.8, 4) is 5.88 Å². The van der Waals surface area contributed by atoms with Gasteiger partial charge in [-0.15, -0.1) is 5.10 Å². The molecule has 1 N–H and O–H groups in total. The number of hydrogen-bond donors (Lipinski definition) is 1. The molecule has 0 fully saturated rings. The lowest BCUT2D eigenvalue weighted by Crippen LogP contribution is -2.06. The van der Waals surface area contributed by atoms with E-state index in [1.54, 1.807) is 25.1 Å². The van der Waals surface area contributed by atoms with Crippen molar-refractivity contribution in [2.75, 3.05) is 6.61 Å².